The standard InChI is InChI=1S/C20H22N4O2S3/c1-10-6-7-11-14(8-10)28-18-16(11)17(26)23-19(24-18)27-9-15(25)22-20-21-12-4-2-3-5-13(12)29-20/h10H,2-9H2,1H3,(H,21,22,25)(H,23,24,26)/t10-/m1/s1. The number of hydrogen-bond acceptors (Lipinski definition) is 7. The van der Waals surface area contributed by atoms with Gasteiger partial charge in [-0.1, -0.05) is 18.7 Å². The van der Waals surface area contributed by atoms with Crippen LogP contribution in [0.1, 0.15) is 47.2 Å². The lowest BCUT2D eigenvalue weighted by atomic mass is 9.89. The highest BCUT2D eigenvalue weighted by Gasteiger charge is 2.23. The normalized spacial score (nSPS) is 18.4. The number of anilines is 1. The van der Waals surface area contributed by atoms with E-state index in [-0.39, 0.29) is 17.2 Å². The van der Waals surface area contributed by atoms with Crippen molar-refractivity contribution in [3.8, 4) is 0 Å². The molecule has 0 radical (unpaired) electrons. The van der Waals surface area contributed by atoms with Crippen LogP contribution in [0.15, 0.2) is 9.95 Å². The molecule has 1 atom stereocenters. The van der Waals surface area contributed by atoms with Gasteiger partial charge in [0.15, 0.2) is 10.3 Å². The SMILES string of the molecule is C[C@@H]1CCc2c(sc3nc(SCC(=O)Nc4nc5c(s4)CCCC5)[nH]c(=O)c23)C1. The Morgan fingerprint density at radius 3 is 2.93 bits per heavy atom. The van der Waals surface area contributed by atoms with Crippen molar-refractivity contribution in [1.29, 1.82) is 0 Å². The van der Waals surface area contributed by atoms with Crippen molar-refractivity contribution < 1.29 is 4.79 Å². The fourth-order valence-electron chi connectivity index (χ4n) is 4.09. The number of aromatic amines is 1. The zero-order valence-electron chi connectivity index (χ0n) is 16.2. The Kier molecular flexibility index (Phi) is 5.21. The number of carbonyl (C=O) groups is 1. The van der Waals surface area contributed by atoms with Gasteiger partial charge in [0.1, 0.15) is 4.83 Å². The maximum atomic E-state index is 12.7. The lowest BCUT2D eigenvalue weighted by molar-refractivity contribution is -0.113. The van der Waals surface area contributed by atoms with Crippen LogP contribution in [0.2, 0.25) is 0 Å². The minimum Gasteiger partial charge on any atom is -0.301 e. The number of thiazole rings is 1. The third kappa shape index (κ3) is 3.87. The summed E-state index contributed by atoms with van der Waals surface area (Å²) in [6.45, 7) is 2.25. The van der Waals surface area contributed by atoms with E-state index in [1.165, 1.54) is 39.9 Å². The molecule has 3 heterocycles. The quantitative estimate of drug-likeness (QED) is 0.464. The molecule has 1 amide bonds. The Labute approximate surface area is 180 Å². The molecule has 0 aliphatic heterocycles. The molecule has 2 aliphatic rings. The minimum absolute atomic E-state index is 0.0856. The highest BCUT2D eigenvalue weighted by atomic mass is 32.2. The number of H-pyrrole nitrogens is 1. The second-order valence-electron chi connectivity index (χ2n) is 7.84. The molecule has 152 valence electrons. The van der Waals surface area contributed by atoms with Crippen molar-refractivity contribution in [2.45, 2.75) is 57.0 Å². The van der Waals surface area contributed by atoms with Crippen molar-refractivity contribution in [3.63, 3.8) is 0 Å². The Morgan fingerprint density at radius 2 is 2.07 bits per heavy atom. The number of nitrogens with one attached hydrogen (secondary N) is 2. The van der Waals surface area contributed by atoms with Gasteiger partial charge in [-0.25, -0.2) is 9.97 Å². The van der Waals surface area contributed by atoms with E-state index in [1.54, 1.807) is 22.7 Å². The van der Waals surface area contributed by atoms with Crippen LogP contribution in [0.25, 0.3) is 10.2 Å². The molecule has 29 heavy (non-hydrogen) atoms. The first-order valence-electron chi connectivity index (χ1n) is 10.0. The highest BCUT2D eigenvalue weighted by molar-refractivity contribution is 7.99. The number of aryl methyl sites for hydroxylation is 3. The van der Waals surface area contributed by atoms with Gasteiger partial charge < -0.3 is 10.3 Å². The molecule has 2 N–H and O–H groups in total. The molecule has 5 rings (SSSR count). The zero-order valence-corrected chi connectivity index (χ0v) is 18.6. The summed E-state index contributed by atoms with van der Waals surface area (Å²) in [5.41, 5.74) is 2.23. The van der Waals surface area contributed by atoms with Crippen LogP contribution in [0.4, 0.5) is 5.13 Å². The maximum absolute atomic E-state index is 12.7. The molecule has 0 fully saturated rings. The topological polar surface area (TPSA) is 87.7 Å². The highest BCUT2D eigenvalue weighted by Crippen LogP contribution is 2.36. The molecule has 0 saturated carbocycles. The first-order chi connectivity index (χ1) is 14.1. The van der Waals surface area contributed by atoms with Crippen molar-refractivity contribution >= 4 is 55.7 Å². The van der Waals surface area contributed by atoms with E-state index in [4.69, 9.17) is 0 Å². The molecule has 0 spiro atoms. The van der Waals surface area contributed by atoms with Crippen LogP contribution in [-0.2, 0) is 30.5 Å². The molecule has 0 bridgehead atoms. The van der Waals surface area contributed by atoms with Crippen molar-refractivity contribution in [2.75, 3.05) is 11.1 Å². The molecule has 0 saturated heterocycles. The molecule has 3 aromatic heterocycles. The molecule has 0 unspecified atom stereocenters. The number of hydrogen-bond donors (Lipinski definition) is 2. The number of amides is 1. The fraction of sp³-hybridized carbons (Fsp3) is 0.500. The van der Waals surface area contributed by atoms with Crippen LogP contribution in [0, 0.1) is 5.92 Å². The smallest absolute Gasteiger partial charge is 0.260 e. The van der Waals surface area contributed by atoms with Crippen molar-refractivity contribution in [2.24, 2.45) is 5.92 Å². The first kappa shape index (κ1) is 19.3. The second kappa shape index (κ2) is 7.85. The van der Waals surface area contributed by atoms with Crippen molar-refractivity contribution in [3.05, 3.63) is 31.4 Å². The summed E-state index contributed by atoms with van der Waals surface area (Å²) >= 11 is 4.47. The molecular formula is C20H22N4O2S3. The van der Waals surface area contributed by atoms with E-state index in [0.717, 1.165) is 48.0 Å². The van der Waals surface area contributed by atoms with Gasteiger partial charge in [-0.05, 0) is 56.4 Å². The molecule has 2 aliphatic carbocycles. The van der Waals surface area contributed by atoms with Gasteiger partial charge in [0, 0.05) is 9.75 Å². The number of aromatic nitrogens is 3. The number of carbonyl (C=O) groups excluding carboxylic acids is 1. The summed E-state index contributed by atoms with van der Waals surface area (Å²) in [5.74, 6) is 0.729. The van der Waals surface area contributed by atoms with E-state index in [9.17, 15) is 9.59 Å². The average Bonchev–Trinajstić information content (AvgIpc) is 3.26. The van der Waals surface area contributed by atoms with E-state index in [2.05, 4.69) is 27.2 Å². The molecule has 0 aromatic carbocycles. The number of rotatable bonds is 4. The van der Waals surface area contributed by atoms with Crippen LogP contribution >= 0.6 is 34.4 Å². The summed E-state index contributed by atoms with van der Waals surface area (Å²) in [7, 11) is 0. The predicted molar refractivity (Wildman–Crippen MR) is 120 cm³/mol. The Bertz CT molecular complexity index is 1120. The minimum atomic E-state index is -0.122. The number of thiophene rings is 1. The van der Waals surface area contributed by atoms with Crippen LogP contribution < -0.4 is 10.9 Å². The van der Waals surface area contributed by atoms with Gasteiger partial charge >= 0.3 is 0 Å². The van der Waals surface area contributed by atoms with Crippen LogP contribution in [0.3, 0.4) is 0 Å². The average molecular weight is 447 g/mol. The molecule has 9 heteroatoms. The van der Waals surface area contributed by atoms with E-state index in [0.29, 0.717) is 16.2 Å². The monoisotopic (exact) mass is 446 g/mol. The lowest BCUT2D eigenvalue weighted by Crippen LogP contribution is -2.16. The summed E-state index contributed by atoms with van der Waals surface area (Å²) in [6, 6.07) is 0. The maximum Gasteiger partial charge on any atom is 0.260 e. The number of thioether (sulfide) groups is 1. The van der Waals surface area contributed by atoms with Crippen LogP contribution in [-0.4, -0.2) is 26.6 Å². The fourth-order valence-corrected chi connectivity index (χ4v) is 7.26. The van der Waals surface area contributed by atoms with Gasteiger partial charge in [0.2, 0.25) is 5.91 Å². The second-order valence-corrected chi connectivity index (χ2v) is 11.0. The Hall–Kier alpha value is -1.71. The largest absolute Gasteiger partial charge is 0.301 e. The zero-order chi connectivity index (χ0) is 20.0. The molecular weight excluding hydrogens is 424 g/mol. The Morgan fingerprint density at radius 1 is 1.21 bits per heavy atom. The first-order valence-corrected chi connectivity index (χ1v) is 12.6. The third-order valence-corrected chi connectivity index (χ3v) is 8.67. The van der Waals surface area contributed by atoms with Crippen LogP contribution in [0.5, 0.6) is 0 Å². The number of nitrogens with zero attached hydrogens (tertiary/aromatic N) is 2. The molecule has 3 aromatic rings. The lowest BCUT2D eigenvalue weighted by Gasteiger charge is -2.17. The third-order valence-electron chi connectivity index (χ3n) is 5.58. The number of fused-ring (bicyclic) bond motifs is 4. The Balaban J connectivity index is 1.28. The summed E-state index contributed by atoms with van der Waals surface area (Å²) in [4.78, 5) is 40.4. The van der Waals surface area contributed by atoms with Gasteiger partial charge in [-0.15, -0.1) is 22.7 Å². The summed E-state index contributed by atoms with van der Waals surface area (Å²) in [6.07, 6.45) is 7.54. The van der Waals surface area contributed by atoms with Gasteiger partial charge in [-0.2, -0.15) is 0 Å². The summed E-state index contributed by atoms with van der Waals surface area (Å²) < 4.78 is 0. The van der Waals surface area contributed by atoms with E-state index < -0.39 is 0 Å². The van der Waals surface area contributed by atoms with E-state index >= 15 is 0 Å². The molecule has 6 nitrogen and oxygen atoms in total. The van der Waals surface area contributed by atoms with Gasteiger partial charge in [-0.3, -0.25) is 9.59 Å². The van der Waals surface area contributed by atoms with Gasteiger partial charge in [0.05, 0.1) is 16.8 Å². The summed E-state index contributed by atoms with van der Waals surface area (Å²) in [5, 5.41) is 4.83. The van der Waals surface area contributed by atoms with E-state index in [1.807, 2.05) is 0 Å². The van der Waals surface area contributed by atoms with Gasteiger partial charge in [0.25, 0.3) is 5.56 Å². The predicted octanol–water partition coefficient (Wildman–Crippen LogP) is 4.18. The van der Waals surface area contributed by atoms with Crippen molar-refractivity contribution in [1.82, 2.24) is 15.0 Å².